The molecule has 0 heterocycles. The van der Waals surface area contributed by atoms with Gasteiger partial charge in [0.2, 0.25) is 0 Å². The summed E-state index contributed by atoms with van der Waals surface area (Å²) in [5.41, 5.74) is 1.85. The lowest BCUT2D eigenvalue weighted by Gasteiger charge is -2.15. The summed E-state index contributed by atoms with van der Waals surface area (Å²) >= 11 is 0. The largest absolute Gasteiger partial charge is 0.496 e. The van der Waals surface area contributed by atoms with E-state index in [0.717, 1.165) is 24.2 Å². The minimum Gasteiger partial charge on any atom is -0.496 e. The van der Waals surface area contributed by atoms with Crippen LogP contribution in [0.4, 0.5) is 0 Å². The number of rotatable bonds is 9. The number of hydrogen-bond donors (Lipinski definition) is 1. The summed E-state index contributed by atoms with van der Waals surface area (Å²) in [6.07, 6.45) is 0.323. The molecule has 1 unspecified atom stereocenters. The van der Waals surface area contributed by atoms with E-state index >= 15 is 0 Å². The number of benzene rings is 1. The average molecular weight is 268 g/mol. The normalized spacial score (nSPS) is 12.4. The van der Waals surface area contributed by atoms with Crippen LogP contribution in [0.25, 0.3) is 0 Å². The average Bonchev–Trinajstić information content (AvgIpc) is 2.42. The molecule has 0 amide bonds. The van der Waals surface area contributed by atoms with Crippen molar-refractivity contribution in [1.82, 2.24) is 0 Å². The van der Waals surface area contributed by atoms with Crippen LogP contribution in [-0.2, 0) is 9.47 Å². The minimum absolute atomic E-state index is 0.245. The summed E-state index contributed by atoms with van der Waals surface area (Å²) in [6, 6.07) is 5.73. The molecule has 4 heteroatoms. The lowest BCUT2D eigenvalue weighted by Crippen LogP contribution is -2.12. The molecule has 0 bridgehead atoms. The van der Waals surface area contributed by atoms with E-state index in [2.05, 4.69) is 6.92 Å². The molecule has 0 aromatic heterocycles. The highest BCUT2D eigenvalue weighted by molar-refractivity contribution is 5.38. The predicted molar refractivity (Wildman–Crippen MR) is 74.6 cm³/mol. The van der Waals surface area contributed by atoms with E-state index < -0.39 is 6.10 Å². The van der Waals surface area contributed by atoms with Gasteiger partial charge >= 0.3 is 0 Å². The molecular weight excluding hydrogens is 244 g/mol. The first-order valence-electron chi connectivity index (χ1n) is 6.67. The van der Waals surface area contributed by atoms with Gasteiger partial charge in [0.05, 0.1) is 26.9 Å². The first-order chi connectivity index (χ1) is 9.19. The van der Waals surface area contributed by atoms with Gasteiger partial charge in [-0.05, 0) is 25.5 Å². The van der Waals surface area contributed by atoms with Gasteiger partial charge in [-0.1, -0.05) is 18.6 Å². The SMILES string of the molecule is CCCOCCOCC(O)c1cc(C)ccc1OC. The van der Waals surface area contributed by atoms with Gasteiger partial charge in [0, 0.05) is 12.2 Å². The zero-order valence-electron chi connectivity index (χ0n) is 12.0. The van der Waals surface area contributed by atoms with Gasteiger partial charge in [-0.15, -0.1) is 0 Å². The van der Waals surface area contributed by atoms with Crippen molar-refractivity contribution in [3.8, 4) is 5.75 Å². The number of aliphatic hydroxyl groups excluding tert-OH is 1. The molecule has 4 nitrogen and oxygen atoms in total. The number of methoxy groups -OCH3 is 1. The van der Waals surface area contributed by atoms with Crippen molar-refractivity contribution in [3.63, 3.8) is 0 Å². The van der Waals surface area contributed by atoms with Crippen LogP contribution in [0.3, 0.4) is 0 Å². The maximum atomic E-state index is 10.1. The maximum Gasteiger partial charge on any atom is 0.124 e. The molecule has 0 aliphatic carbocycles. The highest BCUT2D eigenvalue weighted by Gasteiger charge is 2.13. The van der Waals surface area contributed by atoms with Crippen LogP contribution in [0.5, 0.6) is 5.75 Å². The van der Waals surface area contributed by atoms with E-state index in [4.69, 9.17) is 14.2 Å². The highest BCUT2D eigenvalue weighted by Crippen LogP contribution is 2.26. The van der Waals surface area contributed by atoms with Crippen molar-refractivity contribution in [3.05, 3.63) is 29.3 Å². The Bertz CT molecular complexity index is 365. The molecule has 1 aromatic carbocycles. The summed E-state index contributed by atoms with van der Waals surface area (Å²) in [5.74, 6) is 0.684. The molecule has 1 aromatic rings. The third-order valence-electron chi connectivity index (χ3n) is 2.74. The van der Waals surface area contributed by atoms with Crippen LogP contribution in [-0.4, -0.2) is 38.6 Å². The molecule has 0 fully saturated rings. The topological polar surface area (TPSA) is 47.9 Å². The maximum absolute atomic E-state index is 10.1. The zero-order chi connectivity index (χ0) is 14.1. The standard InChI is InChI=1S/C15H24O4/c1-4-7-18-8-9-19-11-14(16)13-10-12(2)5-6-15(13)17-3/h5-6,10,14,16H,4,7-9,11H2,1-3H3. The van der Waals surface area contributed by atoms with Crippen molar-refractivity contribution >= 4 is 0 Å². The molecule has 0 aliphatic heterocycles. The van der Waals surface area contributed by atoms with E-state index in [9.17, 15) is 5.11 Å². The fourth-order valence-corrected chi connectivity index (χ4v) is 1.76. The third kappa shape index (κ3) is 5.59. The van der Waals surface area contributed by atoms with Gasteiger partial charge in [0.1, 0.15) is 11.9 Å². The van der Waals surface area contributed by atoms with E-state index in [1.807, 2.05) is 25.1 Å². The van der Waals surface area contributed by atoms with E-state index in [1.54, 1.807) is 7.11 Å². The number of aliphatic hydroxyl groups is 1. The molecule has 19 heavy (non-hydrogen) atoms. The quantitative estimate of drug-likeness (QED) is 0.699. The smallest absolute Gasteiger partial charge is 0.124 e. The molecule has 0 saturated carbocycles. The van der Waals surface area contributed by atoms with Gasteiger partial charge in [-0.3, -0.25) is 0 Å². The Hall–Kier alpha value is -1.10. The van der Waals surface area contributed by atoms with E-state index in [0.29, 0.717) is 19.0 Å². The fraction of sp³-hybridized carbons (Fsp3) is 0.600. The molecule has 1 atom stereocenters. The monoisotopic (exact) mass is 268 g/mol. The fourth-order valence-electron chi connectivity index (χ4n) is 1.76. The van der Waals surface area contributed by atoms with Crippen LogP contribution in [0.1, 0.15) is 30.6 Å². The molecule has 0 aliphatic rings. The van der Waals surface area contributed by atoms with Crippen molar-refractivity contribution in [2.24, 2.45) is 0 Å². The Balaban J connectivity index is 2.40. The second-order valence-electron chi connectivity index (χ2n) is 4.45. The second kappa shape index (κ2) is 8.91. The lowest BCUT2D eigenvalue weighted by atomic mass is 10.1. The van der Waals surface area contributed by atoms with Crippen LogP contribution in [0.15, 0.2) is 18.2 Å². The Labute approximate surface area is 115 Å². The first-order valence-corrected chi connectivity index (χ1v) is 6.67. The van der Waals surface area contributed by atoms with Crippen LogP contribution >= 0.6 is 0 Å². The first kappa shape index (κ1) is 16.0. The summed E-state index contributed by atoms with van der Waals surface area (Å²) in [4.78, 5) is 0. The summed E-state index contributed by atoms with van der Waals surface area (Å²) < 4.78 is 15.9. The summed E-state index contributed by atoms with van der Waals surface area (Å²) in [7, 11) is 1.60. The molecule has 0 saturated heterocycles. The van der Waals surface area contributed by atoms with Gasteiger partial charge in [0.15, 0.2) is 0 Å². The van der Waals surface area contributed by atoms with Crippen molar-refractivity contribution < 1.29 is 19.3 Å². The Morgan fingerprint density at radius 3 is 2.58 bits per heavy atom. The molecule has 1 N–H and O–H groups in total. The van der Waals surface area contributed by atoms with Crippen LogP contribution < -0.4 is 4.74 Å². The van der Waals surface area contributed by atoms with E-state index in [-0.39, 0.29) is 6.61 Å². The number of hydrogen-bond acceptors (Lipinski definition) is 4. The zero-order valence-corrected chi connectivity index (χ0v) is 12.0. The van der Waals surface area contributed by atoms with Gasteiger partial charge in [-0.2, -0.15) is 0 Å². The predicted octanol–water partition coefficient (Wildman–Crippen LogP) is 2.48. The van der Waals surface area contributed by atoms with Gasteiger partial charge < -0.3 is 19.3 Å². The lowest BCUT2D eigenvalue weighted by molar-refractivity contribution is 0.00261. The van der Waals surface area contributed by atoms with Crippen molar-refractivity contribution in [2.45, 2.75) is 26.4 Å². The third-order valence-corrected chi connectivity index (χ3v) is 2.74. The second-order valence-corrected chi connectivity index (χ2v) is 4.45. The van der Waals surface area contributed by atoms with Crippen molar-refractivity contribution in [1.29, 1.82) is 0 Å². The summed E-state index contributed by atoms with van der Waals surface area (Å²) in [5, 5.41) is 10.1. The van der Waals surface area contributed by atoms with E-state index in [1.165, 1.54) is 0 Å². The van der Waals surface area contributed by atoms with Crippen molar-refractivity contribution in [2.75, 3.05) is 33.5 Å². The Kier molecular flexibility index (Phi) is 7.48. The Morgan fingerprint density at radius 2 is 1.89 bits per heavy atom. The van der Waals surface area contributed by atoms with Gasteiger partial charge in [-0.25, -0.2) is 0 Å². The molecule has 108 valence electrons. The molecule has 0 radical (unpaired) electrons. The molecule has 0 spiro atoms. The Morgan fingerprint density at radius 1 is 1.16 bits per heavy atom. The minimum atomic E-state index is -0.680. The highest BCUT2D eigenvalue weighted by atomic mass is 16.5. The summed E-state index contributed by atoms with van der Waals surface area (Å²) in [6.45, 7) is 6.09. The molecule has 1 rings (SSSR count). The molecular formula is C15H24O4. The van der Waals surface area contributed by atoms with Gasteiger partial charge in [0.25, 0.3) is 0 Å². The number of ether oxygens (including phenoxy) is 3. The number of aryl methyl sites for hydroxylation is 1. The van der Waals surface area contributed by atoms with Crippen LogP contribution in [0, 0.1) is 6.92 Å². The van der Waals surface area contributed by atoms with Crippen LogP contribution in [0.2, 0.25) is 0 Å².